The molecule has 9 heteroatoms. The number of rotatable bonds is 6. The normalized spacial score (nSPS) is 15.2. The lowest BCUT2D eigenvalue weighted by molar-refractivity contribution is 0.580. The monoisotopic (exact) mass is 425 g/mol. The van der Waals surface area contributed by atoms with Crippen LogP contribution in [0.1, 0.15) is 12.8 Å². The van der Waals surface area contributed by atoms with Crippen LogP contribution in [0, 0.1) is 0 Å². The van der Waals surface area contributed by atoms with Gasteiger partial charge in [0.05, 0.1) is 0 Å². The Morgan fingerprint density at radius 2 is 2.19 bits per heavy atom. The third-order valence-electron chi connectivity index (χ3n) is 2.80. The van der Waals surface area contributed by atoms with Crippen molar-refractivity contribution in [3.63, 3.8) is 0 Å². The maximum absolute atomic E-state index is 11.9. The highest BCUT2D eigenvalue weighted by Gasteiger charge is 2.22. The molecule has 1 aliphatic rings. The van der Waals surface area contributed by atoms with E-state index in [2.05, 4.69) is 25.3 Å². The molecule has 0 spiro atoms. The zero-order valence-corrected chi connectivity index (χ0v) is 14.9. The highest BCUT2D eigenvalue weighted by molar-refractivity contribution is 14.0. The Balaban J connectivity index is 0.00000220. The lowest BCUT2D eigenvalue weighted by atomic mass is 10.5. The number of guanidine groups is 1. The van der Waals surface area contributed by atoms with E-state index >= 15 is 0 Å². The number of aliphatic imine (C=N–C) groups is 1. The fourth-order valence-electron chi connectivity index (χ4n) is 1.57. The largest absolute Gasteiger partial charge is 0.355 e. The van der Waals surface area contributed by atoms with Crippen molar-refractivity contribution < 1.29 is 8.42 Å². The number of pyridine rings is 1. The Morgan fingerprint density at radius 3 is 2.76 bits per heavy atom. The number of aromatic nitrogens is 1. The predicted molar refractivity (Wildman–Crippen MR) is 92.4 cm³/mol. The van der Waals surface area contributed by atoms with Gasteiger partial charge in [-0.15, -0.1) is 24.0 Å². The van der Waals surface area contributed by atoms with E-state index in [0.29, 0.717) is 18.5 Å². The summed E-state index contributed by atoms with van der Waals surface area (Å²) in [5.41, 5.74) is 0. The molecule has 118 valence electrons. The van der Waals surface area contributed by atoms with Gasteiger partial charge in [0.1, 0.15) is 4.90 Å². The van der Waals surface area contributed by atoms with Crippen molar-refractivity contribution in [2.45, 2.75) is 23.8 Å². The van der Waals surface area contributed by atoms with Crippen LogP contribution in [0.15, 0.2) is 34.4 Å². The van der Waals surface area contributed by atoms with Crippen LogP contribution in [-0.4, -0.2) is 45.5 Å². The molecule has 1 fully saturated rings. The first kappa shape index (κ1) is 18.1. The third kappa shape index (κ3) is 6.14. The summed E-state index contributed by atoms with van der Waals surface area (Å²) < 4.78 is 26.3. The summed E-state index contributed by atoms with van der Waals surface area (Å²) in [7, 11) is -1.80. The smallest absolute Gasteiger partial charge is 0.242 e. The summed E-state index contributed by atoms with van der Waals surface area (Å²) in [5, 5.41) is 6.28. The van der Waals surface area contributed by atoms with E-state index in [-0.39, 0.29) is 35.4 Å². The zero-order valence-electron chi connectivity index (χ0n) is 11.7. The Hall–Kier alpha value is -0.940. The molecule has 0 radical (unpaired) electrons. The van der Waals surface area contributed by atoms with E-state index in [4.69, 9.17) is 0 Å². The molecule has 0 bridgehead atoms. The van der Waals surface area contributed by atoms with Gasteiger partial charge in [0, 0.05) is 38.6 Å². The Kier molecular flexibility index (Phi) is 7.32. The van der Waals surface area contributed by atoms with Gasteiger partial charge in [0.25, 0.3) is 0 Å². The predicted octanol–water partition coefficient (Wildman–Crippen LogP) is 0.305. The lowest BCUT2D eigenvalue weighted by Crippen LogP contribution is -2.42. The van der Waals surface area contributed by atoms with Crippen molar-refractivity contribution in [3.05, 3.63) is 24.5 Å². The van der Waals surface area contributed by atoms with E-state index in [1.165, 1.54) is 18.5 Å². The fourth-order valence-corrected chi connectivity index (χ4v) is 2.57. The Bertz CT molecular complexity index is 560. The van der Waals surface area contributed by atoms with Crippen LogP contribution in [0.2, 0.25) is 0 Å². The molecular weight excluding hydrogens is 405 g/mol. The first-order valence-electron chi connectivity index (χ1n) is 6.49. The average Bonchev–Trinajstić information content (AvgIpc) is 3.27. The highest BCUT2D eigenvalue weighted by atomic mass is 127. The van der Waals surface area contributed by atoms with Gasteiger partial charge >= 0.3 is 0 Å². The van der Waals surface area contributed by atoms with Crippen LogP contribution in [0.3, 0.4) is 0 Å². The van der Waals surface area contributed by atoms with E-state index in [9.17, 15) is 8.42 Å². The Morgan fingerprint density at radius 1 is 1.43 bits per heavy atom. The van der Waals surface area contributed by atoms with Gasteiger partial charge in [-0.3, -0.25) is 9.98 Å². The zero-order chi connectivity index (χ0) is 14.4. The molecule has 0 unspecified atom stereocenters. The van der Waals surface area contributed by atoms with Crippen LogP contribution in [0.25, 0.3) is 0 Å². The number of hydrogen-bond acceptors (Lipinski definition) is 4. The summed E-state index contributed by atoms with van der Waals surface area (Å²) in [4.78, 5) is 8.03. The van der Waals surface area contributed by atoms with E-state index in [0.717, 1.165) is 12.8 Å². The SMILES string of the molecule is CN=C(NCCNS(=O)(=O)c1cccnc1)NC1CC1.I. The number of nitrogens with one attached hydrogen (secondary N) is 3. The number of nitrogens with zero attached hydrogens (tertiary/aromatic N) is 2. The maximum atomic E-state index is 11.9. The minimum Gasteiger partial charge on any atom is -0.355 e. The van der Waals surface area contributed by atoms with Gasteiger partial charge < -0.3 is 10.6 Å². The topological polar surface area (TPSA) is 95.5 Å². The fraction of sp³-hybridized carbons (Fsp3) is 0.500. The first-order valence-corrected chi connectivity index (χ1v) is 7.97. The Labute approximate surface area is 142 Å². The first-order chi connectivity index (χ1) is 9.62. The van der Waals surface area contributed by atoms with Crippen LogP contribution in [-0.2, 0) is 10.0 Å². The molecule has 3 N–H and O–H groups in total. The summed E-state index contributed by atoms with van der Waals surface area (Å²) >= 11 is 0. The highest BCUT2D eigenvalue weighted by Crippen LogP contribution is 2.18. The number of halogens is 1. The van der Waals surface area contributed by atoms with Crippen molar-refractivity contribution in [2.75, 3.05) is 20.1 Å². The van der Waals surface area contributed by atoms with Crippen molar-refractivity contribution in [1.82, 2.24) is 20.3 Å². The van der Waals surface area contributed by atoms with E-state index in [1.807, 2.05) is 0 Å². The summed E-state index contributed by atoms with van der Waals surface area (Å²) in [6, 6.07) is 3.61. The minimum absolute atomic E-state index is 0. The molecule has 0 aliphatic heterocycles. The lowest BCUT2D eigenvalue weighted by Gasteiger charge is -2.11. The summed E-state index contributed by atoms with van der Waals surface area (Å²) in [5.74, 6) is 0.702. The second-order valence-electron chi connectivity index (χ2n) is 4.50. The molecule has 1 saturated carbocycles. The second-order valence-corrected chi connectivity index (χ2v) is 6.27. The maximum Gasteiger partial charge on any atom is 0.242 e. The van der Waals surface area contributed by atoms with Crippen molar-refractivity contribution in [3.8, 4) is 0 Å². The quantitative estimate of drug-likeness (QED) is 0.264. The van der Waals surface area contributed by atoms with Crippen LogP contribution < -0.4 is 15.4 Å². The molecule has 0 amide bonds. The second kappa shape index (κ2) is 8.49. The summed E-state index contributed by atoms with van der Waals surface area (Å²) in [6.45, 7) is 0.745. The number of hydrogen-bond donors (Lipinski definition) is 3. The van der Waals surface area contributed by atoms with E-state index in [1.54, 1.807) is 13.1 Å². The molecule has 1 aromatic rings. The molecule has 7 nitrogen and oxygen atoms in total. The molecule has 1 aromatic heterocycles. The van der Waals surface area contributed by atoms with Gasteiger partial charge in [-0.05, 0) is 25.0 Å². The van der Waals surface area contributed by atoms with Gasteiger partial charge in [-0.2, -0.15) is 0 Å². The standard InChI is InChI=1S/C12H19N5O2S.HI/c1-13-12(17-10-4-5-10)15-7-8-16-20(18,19)11-3-2-6-14-9-11;/h2-3,6,9-10,16H,4-5,7-8H2,1H3,(H2,13,15,17);1H. The summed E-state index contributed by atoms with van der Waals surface area (Å²) in [6.07, 6.45) is 5.18. The molecule has 21 heavy (non-hydrogen) atoms. The minimum atomic E-state index is -3.49. The van der Waals surface area contributed by atoms with Crippen molar-refractivity contribution in [1.29, 1.82) is 0 Å². The van der Waals surface area contributed by atoms with Crippen LogP contribution in [0.4, 0.5) is 0 Å². The van der Waals surface area contributed by atoms with Crippen molar-refractivity contribution in [2.24, 2.45) is 4.99 Å². The molecule has 0 atom stereocenters. The van der Waals surface area contributed by atoms with Gasteiger partial charge in [-0.1, -0.05) is 0 Å². The van der Waals surface area contributed by atoms with Gasteiger partial charge in [0.2, 0.25) is 10.0 Å². The molecular formula is C12H20IN5O2S. The third-order valence-corrected chi connectivity index (χ3v) is 4.24. The number of sulfonamides is 1. The average molecular weight is 425 g/mol. The molecule has 0 saturated heterocycles. The van der Waals surface area contributed by atoms with Crippen LogP contribution in [0.5, 0.6) is 0 Å². The molecule has 1 aliphatic carbocycles. The van der Waals surface area contributed by atoms with Crippen molar-refractivity contribution >= 4 is 40.0 Å². The molecule has 1 heterocycles. The van der Waals surface area contributed by atoms with Gasteiger partial charge in [-0.25, -0.2) is 13.1 Å². The van der Waals surface area contributed by atoms with Crippen LogP contribution >= 0.6 is 24.0 Å². The van der Waals surface area contributed by atoms with Gasteiger partial charge in [0.15, 0.2) is 5.96 Å². The molecule has 0 aromatic carbocycles. The van der Waals surface area contributed by atoms with E-state index < -0.39 is 10.0 Å². The molecule has 2 rings (SSSR count).